The van der Waals surface area contributed by atoms with E-state index in [0.29, 0.717) is 38.8 Å². The van der Waals surface area contributed by atoms with Crippen LogP contribution in [0.5, 0.6) is 0 Å². The fraction of sp³-hybridized carbons (Fsp3) is 0.846. The van der Waals surface area contributed by atoms with Gasteiger partial charge in [0.1, 0.15) is 6.04 Å². The number of carboxylic acid groups (broad SMARTS) is 1. The molecule has 0 aromatic heterocycles. The average molecular weight is 270 g/mol. The summed E-state index contributed by atoms with van der Waals surface area (Å²) in [7, 11) is 1.78. The van der Waals surface area contributed by atoms with Crippen LogP contribution in [0, 0.1) is 5.92 Å². The zero-order valence-corrected chi connectivity index (χ0v) is 11.3. The molecule has 2 fully saturated rings. The molecular formula is C13H22N2O4. The van der Waals surface area contributed by atoms with Crippen LogP contribution in [0.3, 0.4) is 0 Å². The predicted molar refractivity (Wildman–Crippen MR) is 68.6 cm³/mol. The number of likely N-dealkylation sites (N-methyl/N-ethyl adjacent to an activating group) is 1. The summed E-state index contributed by atoms with van der Waals surface area (Å²) in [5.41, 5.74) is 0. The van der Waals surface area contributed by atoms with Crippen LogP contribution in [0.1, 0.15) is 25.7 Å². The molecule has 0 bridgehead atoms. The number of carboxylic acids is 1. The van der Waals surface area contributed by atoms with Gasteiger partial charge in [-0.1, -0.05) is 0 Å². The molecule has 0 radical (unpaired) electrons. The van der Waals surface area contributed by atoms with Gasteiger partial charge in [0.25, 0.3) is 0 Å². The summed E-state index contributed by atoms with van der Waals surface area (Å²) in [6, 6.07) is -0.605. The maximum atomic E-state index is 12.4. The maximum Gasteiger partial charge on any atom is 0.322 e. The number of rotatable bonds is 2. The maximum absolute atomic E-state index is 12.4. The molecule has 1 saturated carbocycles. The number of piperazine rings is 1. The summed E-state index contributed by atoms with van der Waals surface area (Å²) in [6.07, 6.45) is 2.50. The van der Waals surface area contributed by atoms with Crippen molar-refractivity contribution in [3.05, 3.63) is 0 Å². The number of nitrogens with zero attached hydrogens (tertiary/aromatic N) is 2. The molecule has 6 nitrogen and oxygen atoms in total. The molecule has 0 spiro atoms. The lowest BCUT2D eigenvalue weighted by Crippen LogP contribution is -2.57. The van der Waals surface area contributed by atoms with Gasteiger partial charge >= 0.3 is 5.97 Å². The molecule has 1 aliphatic heterocycles. The van der Waals surface area contributed by atoms with Gasteiger partial charge in [0.15, 0.2) is 0 Å². The molecule has 0 aromatic rings. The summed E-state index contributed by atoms with van der Waals surface area (Å²) in [6.45, 7) is 1.46. The third-order valence-corrected chi connectivity index (χ3v) is 4.29. The Hall–Kier alpha value is -1.14. The number of carbonyl (C=O) groups is 2. The Morgan fingerprint density at radius 3 is 2.32 bits per heavy atom. The minimum absolute atomic E-state index is 0.0405. The molecule has 1 atom stereocenters. The first-order chi connectivity index (χ1) is 8.99. The molecule has 2 N–H and O–H groups in total. The number of hydrogen-bond acceptors (Lipinski definition) is 4. The quantitative estimate of drug-likeness (QED) is 0.724. The van der Waals surface area contributed by atoms with Crippen molar-refractivity contribution in [2.24, 2.45) is 5.92 Å². The zero-order chi connectivity index (χ0) is 14.0. The highest BCUT2D eigenvalue weighted by molar-refractivity contribution is 5.81. The number of aliphatic hydroxyl groups excluding tert-OH is 1. The van der Waals surface area contributed by atoms with E-state index in [1.165, 1.54) is 0 Å². The number of hydrogen-bond donors (Lipinski definition) is 2. The molecule has 2 aliphatic rings. The SMILES string of the molecule is CN1CCN(C(=O)C2CCC(O)CC2)CC1C(=O)O. The third kappa shape index (κ3) is 3.25. The normalized spacial score (nSPS) is 33.2. The van der Waals surface area contributed by atoms with Crippen molar-refractivity contribution in [2.75, 3.05) is 26.7 Å². The molecule has 0 aromatic carbocycles. The van der Waals surface area contributed by atoms with E-state index < -0.39 is 12.0 Å². The summed E-state index contributed by atoms with van der Waals surface area (Å²) >= 11 is 0. The monoisotopic (exact) mass is 270 g/mol. The lowest BCUT2D eigenvalue weighted by Gasteiger charge is -2.39. The van der Waals surface area contributed by atoms with E-state index in [-0.39, 0.29) is 24.5 Å². The van der Waals surface area contributed by atoms with Gasteiger partial charge in [0.2, 0.25) is 5.91 Å². The van der Waals surface area contributed by atoms with Crippen molar-refractivity contribution in [1.82, 2.24) is 9.80 Å². The molecule has 2 rings (SSSR count). The van der Waals surface area contributed by atoms with Crippen LogP contribution in [0.2, 0.25) is 0 Å². The lowest BCUT2D eigenvalue weighted by atomic mass is 9.86. The van der Waals surface area contributed by atoms with Gasteiger partial charge in [-0.05, 0) is 32.7 Å². The summed E-state index contributed by atoms with van der Waals surface area (Å²) in [5, 5.41) is 18.6. The molecule has 108 valence electrons. The first kappa shape index (κ1) is 14.3. The summed E-state index contributed by atoms with van der Waals surface area (Å²) in [5.74, 6) is -0.855. The Morgan fingerprint density at radius 1 is 1.11 bits per heavy atom. The Morgan fingerprint density at radius 2 is 1.74 bits per heavy atom. The van der Waals surface area contributed by atoms with Crippen molar-refractivity contribution >= 4 is 11.9 Å². The van der Waals surface area contributed by atoms with Crippen molar-refractivity contribution in [3.8, 4) is 0 Å². The largest absolute Gasteiger partial charge is 0.480 e. The van der Waals surface area contributed by atoms with E-state index >= 15 is 0 Å². The van der Waals surface area contributed by atoms with Crippen LogP contribution in [0.4, 0.5) is 0 Å². The van der Waals surface area contributed by atoms with Crippen LogP contribution in [0.15, 0.2) is 0 Å². The minimum Gasteiger partial charge on any atom is -0.480 e. The molecule has 6 heteroatoms. The Balaban J connectivity index is 1.94. The summed E-state index contributed by atoms with van der Waals surface area (Å²) in [4.78, 5) is 27.0. The van der Waals surface area contributed by atoms with Crippen LogP contribution in [0.25, 0.3) is 0 Å². The van der Waals surface area contributed by atoms with Crippen LogP contribution >= 0.6 is 0 Å². The fourth-order valence-corrected chi connectivity index (χ4v) is 2.92. The molecule has 1 amide bonds. The van der Waals surface area contributed by atoms with Crippen molar-refractivity contribution in [3.63, 3.8) is 0 Å². The van der Waals surface area contributed by atoms with Crippen molar-refractivity contribution < 1.29 is 19.8 Å². The average Bonchev–Trinajstić information content (AvgIpc) is 2.39. The van der Waals surface area contributed by atoms with E-state index in [2.05, 4.69) is 0 Å². The van der Waals surface area contributed by atoms with E-state index in [1.54, 1.807) is 16.8 Å². The van der Waals surface area contributed by atoms with Gasteiger partial charge in [-0.15, -0.1) is 0 Å². The second-order valence-electron chi connectivity index (χ2n) is 5.62. The Labute approximate surface area is 113 Å². The predicted octanol–water partition coefficient (Wildman–Crippen LogP) is -0.235. The highest BCUT2D eigenvalue weighted by atomic mass is 16.4. The van der Waals surface area contributed by atoms with Crippen LogP contribution in [-0.2, 0) is 9.59 Å². The second kappa shape index (κ2) is 5.88. The van der Waals surface area contributed by atoms with Gasteiger partial charge in [0, 0.05) is 25.6 Å². The molecule has 1 aliphatic carbocycles. The lowest BCUT2D eigenvalue weighted by molar-refractivity contribution is -0.149. The van der Waals surface area contributed by atoms with Crippen molar-refractivity contribution in [2.45, 2.75) is 37.8 Å². The van der Waals surface area contributed by atoms with E-state index in [1.807, 2.05) is 0 Å². The molecule has 1 saturated heterocycles. The Bertz CT molecular complexity index is 353. The summed E-state index contributed by atoms with van der Waals surface area (Å²) < 4.78 is 0. The van der Waals surface area contributed by atoms with E-state index in [0.717, 1.165) is 0 Å². The number of amides is 1. The highest BCUT2D eigenvalue weighted by Gasteiger charge is 2.35. The topological polar surface area (TPSA) is 81.1 Å². The van der Waals surface area contributed by atoms with Gasteiger partial charge in [-0.3, -0.25) is 14.5 Å². The first-order valence-electron chi connectivity index (χ1n) is 6.89. The standard InChI is InChI=1S/C13H22N2O4/c1-14-6-7-15(8-11(14)13(18)19)12(17)9-2-4-10(16)5-3-9/h9-11,16H,2-8H2,1H3,(H,18,19). The van der Waals surface area contributed by atoms with Crippen LogP contribution < -0.4 is 0 Å². The molecule has 19 heavy (non-hydrogen) atoms. The second-order valence-corrected chi connectivity index (χ2v) is 5.62. The van der Waals surface area contributed by atoms with E-state index in [9.17, 15) is 14.7 Å². The highest BCUT2D eigenvalue weighted by Crippen LogP contribution is 2.26. The number of aliphatic carboxylic acids is 1. The molecule has 1 unspecified atom stereocenters. The zero-order valence-electron chi connectivity index (χ0n) is 11.3. The van der Waals surface area contributed by atoms with Gasteiger partial charge < -0.3 is 15.1 Å². The Kier molecular flexibility index (Phi) is 4.42. The third-order valence-electron chi connectivity index (χ3n) is 4.29. The van der Waals surface area contributed by atoms with Gasteiger partial charge in [-0.2, -0.15) is 0 Å². The minimum atomic E-state index is -0.876. The molecular weight excluding hydrogens is 248 g/mol. The van der Waals surface area contributed by atoms with Crippen molar-refractivity contribution in [1.29, 1.82) is 0 Å². The van der Waals surface area contributed by atoms with E-state index in [4.69, 9.17) is 5.11 Å². The molecule has 1 heterocycles. The van der Waals surface area contributed by atoms with Gasteiger partial charge in [0.05, 0.1) is 6.10 Å². The van der Waals surface area contributed by atoms with Crippen LogP contribution in [-0.4, -0.2) is 70.7 Å². The smallest absolute Gasteiger partial charge is 0.322 e. The van der Waals surface area contributed by atoms with Gasteiger partial charge in [-0.25, -0.2) is 0 Å². The fourth-order valence-electron chi connectivity index (χ4n) is 2.92. The number of aliphatic hydroxyl groups is 1. The first-order valence-corrected chi connectivity index (χ1v) is 6.89. The number of carbonyl (C=O) groups excluding carboxylic acids is 1.